The Balaban J connectivity index is 1.75. The Kier molecular flexibility index (Phi) is 4.22. The monoisotopic (exact) mass is 346 g/mol. The second kappa shape index (κ2) is 6.34. The minimum Gasteiger partial charge on any atom is -0.451 e. The van der Waals surface area contributed by atoms with E-state index in [1.807, 2.05) is 0 Å². The van der Waals surface area contributed by atoms with Crippen molar-refractivity contribution in [3.05, 3.63) is 58.7 Å². The van der Waals surface area contributed by atoms with E-state index in [4.69, 9.17) is 4.74 Å². The number of fused-ring (bicyclic) bond motifs is 1. The number of ether oxygens (including phenoxy) is 1. The average Bonchev–Trinajstić information content (AvgIpc) is 2.99. The van der Waals surface area contributed by atoms with Crippen molar-refractivity contribution in [3.63, 3.8) is 0 Å². The molecule has 0 amide bonds. The maximum atomic E-state index is 13.5. The lowest BCUT2D eigenvalue weighted by atomic mass is 10.1. The first kappa shape index (κ1) is 16.6. The van der Waals surface area contributed by atoms with E-state index in [1.165, 1.54) is 4.52 Å². The molecule has 9 heteroatoms. The molecular weight excluding hydrogens is 334 g/mol. The second-order valence-corrected chi connectivity index (χ2v) is 5.31. The topological polar surface area (TPSA) is 86.5 Å². The Morgan fingerprint density at radius 2 is 1.92 bits per heavy atom. The quantitative estimate of drug-likeness (QED) is 0.531. The summed E-state index contributed by atoms with van der Waals surface area (Å²) >= 11 is 0. The number of halogens is 2. The van der Waals surface area contributed by atoms with Gasteiger partial charge in [0.25, 0.3) is 11.6 Å². The summed E-state index contributed by atoms with van der Waals surface area (Å²) in [6.45, 7) is 2.77. The number of benzene rings is 1. The van der Waals surface area contributed by atoms with E-state index in [-0.39, 0.29) is 11.6 Å². The predicted octanol–water partition coefficient (Wildman–Crippen LogP) is 2.06. The maximum Gasteiger partial charge on any atom is 0.378 e. The number of esters is 1. The average molecular weight is 346 g/mol. The van der Waals surface area contributed by atoms with Gasteiger partial charge in [-0.05, 0) is 38.1 Å². The van der Waals surface area contributed by atoms with Gasteiger partial charge >= 0.3 is 5.97 Å². The minimum absolute atomic E-state index is 0.215. The van der Waals surface area contributed by atoms with Gasteiger partial charge in [0.15, 0.2) is 6.61 Å². The van der Waals surface area contributed by atoms with Crippen molar-refractivity contribution in [2.24, 2.45) is 0 Å². The molecule has 0 fully saturated rings. The molecular formula is C16H12F2N4O3. The normalized spacial score (nSPS) is 10.9. The van der Waals surface area contributed by atoms with Gasteiger partial charge in [0.2, 0.25) is 5.78 Å². The predicted molar refractivity (Wildman–Crippen MR) is 81.2 cm³/mol. The van der Waals surface area contributed by atoms with Crippen LogP contribution in [0.1, 0.15) is 32.4 Å². The molecule has 3 rings (SSSR count). The highest BCUT2D eigenvalue weighted by molar-refractivity contribution is 5.99. The van der Waals surface area contributed by atoms with Crippen molar-refractivity contribution >= 4 is 17.5 Å². The molecule has 0 saturated heterocycles. The van der Waals surface area contributed by atoms with Crippen LogP contribution in [0.2, 0.25) is 0 Å². The second-order valence-electron chi connectivity index (χ2n) is 5.31. The van der Waals surface area contributed by atoms with Crippen LogP contribution in [0.25, 0.3) is 5.78 Å². The third kappa shape index (κ3) is 3.35. The number of aromatic nitrogens is 4. The summed E-state index contributed by atoms with van der Waals surface area (Å²) in [6, 6.07) is 4.21. The third-order valence-corrected chi connectivity index (χ3v) is 3.36. The van der Waals surface area contributed by atoms with Crippen LogP contribution >= 0.6 is 0 Å². The number of hydrogen-bond acceptors (Lipinski definition) is 6. The number of Topliss-reactive ketones (excluding diaryl/α,β-unsaturated/α-hetero) is 1. The summed E-state index contributed by atoms with van der Waals surface area (Å²) in [6.07, 6.45) is 0. The van der Waals surface area contributed by atoms with Gasteiger partial charge in [-0.2, -0.15) is 4.98 Å². The first-order valence-electron chi connectivity index (χ1n) is 7.21. The van der Waals surface area contributed by atoms with Crippen molar-refractivity contribution in [2.75, 3.05) is 6.61 Å². The Morgan fingerprint density at radius 1 is 1.16 bits per heavy atom. The van der Waals surface area contributed by atoms with Crippen LogP contribution in [0.15, 0.2) is 24.3 Å². The van der Waals surface area contributed by atoms with Crippen LogP contribution in [0.3, 0.4) is 0 Å². The fraction of sp³-hybridized carbons (Fsp3) is 0.188. The highest BCUT2D eigenvalue weighted by Gasteiger charge is 2.20. The number of nitrogens with zero attached hydrogens (tertiary/aromatic N) is 4. The number of ketones is 1. The number of rotatable bonds is 4. The lowest BCUT2D eigenvalue weighted by molar-refractivity contribution is 0.0461. The van der Waals surface area contributed by atoms with Crippen molar-refractivity contribution in [1.29, 1.82) is 0 Å². The first-order valence-corrected chi connectivity index (χ1v) is 7.21. The van der Waals surface area contributed by atoms with Crippen LogP contribution in [-0.4, -0.2) is 37.9 Å². The molecule has 128 valence electrons. The summed E-state index contributed by atoms with van der Waals surface area (Å²) in [5, 5.41) is 3.96. The standard InChI is InChI=1S/C16H12F2N4O3/c1-8-5-9(2)22-16(19-8)20-14(21-22)15(24)25-7-13(23)11-6-10(17)3-4-12(11)18/h3-6H,7H2,1-2H3. The van der Waals surface area contributed by atoms with Crippen LogP contribution in [0.5, 0.6) is 0 Å². The van der Waals surface area contributed by atoms with Crippen LogP contribution in [0, 0.1) is 25.5 Å². The first-order chi connectivity index (χ1) is 11.8. The van der Waals surface area contributed by atoms with Gasteiger partial charge in [0.05, 0.1) is 5.56 Å². The van der Waals surface area contributed by atoms with E-state index < -0.39 is 35.6 Å². The maximum absolute atomic E-state index is 13.5. The number of carbonyl (C=O) groups is 2. The van der Waals surface area contributed by atoms with Crippen molar-refractivity contribution in [1.82, 2.24) is 19.6 Å². The van der Waals surface area contributed by atoms with Gasteiger partial charge in [-0.15, -0.1) is 5.10 Å². The minimum atomic E-state index is -0.965. The molecule has 0 N–H and O–H groups in total. The zero-order chi connectivity index (χ0) is 18.1. The number of carbonyl (C=O) groups excluding carboxylic acids is 2. The number of hydrogen-bond donors (Lipinski definition) is 0. The van der Waals surface area contributed by atoms with Crippen LogP contribution in [-0.2, 0) is 4.74 Å². The van der Waals surface area contributed by atoms with Crippen LogP contribution < -0.4 is 0 Å². The lowest BCUT2D eigenvalue weighted by Gasteiger charge is -2.03. The molecule has 25 heavy (non-hydrogen) atoms. The van der Waals surface area contributed by atoms with Gasteiger partial charge in [0, 0.05) is 11.4 Å². The van der Waals surface area contributed by atoms with Crippen molar-refractivity contribution in [3.8, 4) is 0 Å². The zero-order valence-corrected chi connectivity index (χ0v) is 13.3. The molecule has 0 unspecified atom stereocenters. The lowest BCUT2D eigenvalue weighted by Crippen LogP contribution is -2.16. The van der Waals surface area contributed by atoms with E-state index in [0.29, 0.717) is 11.4 Å². The van der Waals surface area contributed by atoms with Crippen LogP contribution in [0.4, 0.5) is 8.78 Å². The zero-order valence-electron chi connectivity index (χ0n) is 13.3. The van der Waals surface area contributed by atoms with Crippen molar-refractivity contribution < 1.29 is 23.1 Å². The Hall–Kier alpha value is -3.23. The molecule has 0 spiro atoms. The van der Waals surface area contributed by atoms with E-state index in [9.17, 15) is 18.4 Å². The van der Waals surface area contributed by atoms with E-state index in [1.54, 1.807) is 19.9 Å². The molecule has 0 aliphatic rings. The molecule has 2 heterocycles. The fourth-order valence-electron chi connectivity index (χ4n) is 2.24. The summed E-state index contributed by atoms with van der Waals surface area (Å²) in [7, 11) is 0. The highest BCUT2D eigenvalue weighted by Crippen LogP contribution is 2.11. The van der Waals surface area contributed by atoms with Gasteiger partial charge in [-0.25, -0.2) is 23.1 Å². The van der Waals surface area contributed by atoms with E-state index in [2.05, 4.69) is 15.1 Å². The summed E-state index contributed by atoms with van der Waals surface area (Å²) in [5.74, 6) is -3.58. The molecule has 0 atom stereocenters. The van der Waals surface area contributed by atoms with Gasteiger partial charge in [-0.3, -0.25) is 4.79 Å². The molecule has 3 aromatic rings. The van der Waals surface area contributed by atoms with Gasteiger partial charge in [0.1, 0.15) is 11.6 Å². The summed E-state index contributed by atoms with van der Waals surface area (Å²) in [5.41, 5.74) is 0.921. The number of aryl methyl sites for hydroxylation is 2. The summed E-state index contributed by atoms with van der Waals surface area (Å²) < 4.78 is 32.8. The third-order valence-electron chi connectivity index (χ3n) is 3.36. The molecule has 0 aliphatic heterocycles. The fourth-order valence-corrected chi connectivity index (χ4v) is 2.24. The van der Waals surface area contributed by atoms with Crippen molar-refractivity contribution in [2.45, 2.75) is 13.8 Å². The molecule has 0 bridgehead atoms. The Labute approximate surface area is 140 Å². The largest absolute Gasteiger partial charge is 0.451 e. The summed E-state index contributed by atoms with van der Waals surface area (Å²) in [4.78, 5) is 31.9. The molecule has 1 aromatic carbocycles. The molecule has 2 aromatic heterocycles. The Bertz CT molecular complexity index is 1000. The molecule has 7 nitrogen and oxygen atoms in total. The van der Waals surface area contributed by atoms with E-state index in [0.717, 1.165) is 18.2 Å². The van der Waals surface area contributed by atoms with E-state index >= 15 is 0 Å². The van der Waals surface area contributed by atoms with Gasteiger partial charge < -0.3 is 4.74 Å². The highest BCUT2D eigenvalue weighted by atomic mass is 19.1. The van der Waals surface area contributed by atoms with Gasteiger partial charge in [-0.1, -0.05) is 0 Å². The molecule has 0 aliphatic carbocycles. The SMILES string of the molecule is Cc1cc(C)n2nc(C(=O)OCC(=O)c3cc(F)ccc3F)nc2n1. The molecule has 0 saturated carbocycles. The smallest absolute Gasteiger partial charge is 0.378 e. The Morgan fingerprint density at radius 3 is 2.68 bits per heavy atom. The molecule has 0 radical (unpaired) electrons.